The Labute approximate surface area is 145 Å². The SMILES string of the molecule is O=C1CCN(c2ccccc2)N1CN1C(=O)c2ccccc2S1(=O)=O. The van der Waals surface area contributed by atoms with Crippen molar-refractivity contribution in [2.75, 3.05) is 18.2 Å². The van der Waals surface area contributed by atoms with Crippen LogP contribution < -0.4 is 5.01 Å². The zero-order valence-corrected chi connectivity index (χ0v) is 14.0. The van der Waals surface area contributed by atoms with Crippen molar-refractivity contribution in [2.24, 2.45) is 0 Å². The van der Waals surface area contributed by atoms with Gasteiger partial charge in [-0.15, -0.1) is 0 Å². The van der Waals surface area contributed by atoms with Crippen LogP contribution in [0.25, 0.3) is 0 Å². The van der Waals surface area contributed by atoms with Crippen LogP contribution in [-0.4, -0.2) is 42.8 Å². The van der Waals surface area contributed by atoms with Gasteiger partial charge >= 0.3 is 0 Å². The first-order chi connectivity index (χ1) is 12.0. The molecule has 0 aromatic heterocycles. The summed E-state index contributed by atoms with van der Waals surface area (Å²) in [7, 11) is -3.95. The van der Waals surface area contributed by atoms with Crippen LogP contribution in [0.4, 0.5) is 5.69 Å². The third-order valence-electron chi connectivity index (χ3n) is 4.35. The fourth-order valence-electron chi connectivity index (χ4n) is 3.10. The van der Waals surface area contributed by atoms with Crippen LogP contribution >= 0.6 is 0 Å². The van der Waals surface area contributed by atoms with Gasteiger partial charge < -0.3 is 0 Å². The van der Waals surface area contributed by atoms with E-state index in [0.717, 1.165) is 9.99 Å². The third kappa shape index (κ3) is 2.37. The van der Waals surface area contributed by atoms with E-state index in [4.69, 9.17) is 0 Å². The van der Waals surface area contributed by atoms with Gasteiger partial charge in [-0.05, 0) is 24.3 Å². The van der Waals surface area contributed by atoms with E-state index in [1.165, 1.54) is 17.1 Å². The molecule has 2 amide bonds. The zero-order valence-electron chi connectivity index (χ0n) is 13.2. The zero-order chi connectivity index (χ0) is 17.6. The van der Waals surface area contributed by atoms with Crippen molar-refractivity contribution in [1.29, 1.82) is 0 Å². The second kappa shape index (κ2) is 5.59. The Balaban J connectivity index is 1.68. The van der Waals surface area contributed by atoms with Gasteiger partial charge in [-0.3, -0.25) is 14.6 Å². The van der Waals surface area contributed by atoms with E-state index >= 15 is 0 Å². The minimum atomic E-state index is -3.95. The molecule has 0 atom stereocenters. The molecule has 0 radical (unpaired) electrons. The van der Waals surface area contributed by atoms with Crippen molar-refractivity contribution < 1.29 is 18.0 Å². The molecule has 8 heteroatoms. The highest BCUT2D eigenvalue weighted by molar-refractivity contribution is 7.90. The molecule has 0 spiro atoms. The minimum Gasteiger partial charge on any atom is -0.281 e. The second-order valence-electron chi connectivity index (χ2n) is 5.80. The largest absolute Gasteiger partial charge is 0.281 e. The molecular weight excluding hydrogens is 342 g/mol. The average molecular weight is 357 g/mol. The van der Waals surface area contributed by atoms with E-state index in [1.807, 2.05) is 30.3 Å². The molecule has 1 saturated heterocycles. The van der Waals surface area contributed by atoms with Gasteiger partial charge in [0.1, 0.15) is 11.6 Å². The fourth-order valence-corrected chi connectivity index (χ4v) is 4.60. The fraction of sp³-hybridized carbons (Fsp3) is 0.176. The van der Waals surface area contributed by atoms with Gasteiger partial charge in [0.25, 0.3) is 15.9 Å². The second-order valence-corrected chi connectivity index (χ2v) is 7.63. The smallest absolute Gasteiger partial charge is 0.270 e. The maximum absolute atomic E-state index is 12.7. The summed E-state index contributed by atoms with van der Waals surface area (Å²) in [4.78, 5) is 24.8. The molecule has 2 aliphatic rings. The van der Waals surface area contributed by atoms with Crippen molar-refractivity contribution in [3.8, 4) is 0 Å². The Morgan fingerprint density at radius 2 is 1.60 bits per heavy atom. The third-order valence-corrected chi connectivity index (χ3v) is 6.12. The molecule has 0 bridgehead atoms. The first kappa shape index (κ1) is 15.6. The van der Waals surface area contributed by atoms with Crippen molar-refractivity contribution in [3.05, 3.63) is 60.2 Å². The van der Waals surface area contributed by atoms with Gasteiger partial charge in [0, 0.05) is 13.0 Å². The van der Waals surface area contributed by atoms with Gasteiger partial charge in [0.05, 0.1) is 11.3 Å². The minimum absolute atomic E-state index is 0.0158. The van der Waals surface area contributed by atoms with Crippen LogP contribution in [0, 0.1) is 0 Å². The number of hydrogen-bond donors (Lipinski definition) is 0. The summed E-state index contributed by atoms with van der Waals surface area (Å²) < 4.78 is 26.1. The van der Waals surface area contributed by atoms with Gasteiger partial charge in [-0.1, -0.05) is 30.3 Å². The van der Waals surface area contributed by atoms with Gasteiger partial charge in [0.2, 0.25) is 5.91 Å². The highest BCUT2D eigenvalue weighted by Crippen LogP contribution is 2.31. The summed E-state index contributed by atoms with van der Waals surface area (Å²) in [5.41, 5.74) is 0.912. The summed E-state index contributed by atoms with van der Waals surface area (Å²) in [5, 5.41) is 3.02. The molecule has 2 aliphatic heterocycles. The van der Waals surface area contributed by atoms with Crippen LogP contribution in [-0.2, 0) is 14.8 Å². The quantitative estimate of drug-likeness (QED) is 0.831. The standard InChI is InChI=1S/C17H15N3O4S/c21-16-10-11-18(13-6-2-1-3-7-13)19(16)12-20-17(22)14-8-4-5-9-15(14)25(20,23)24/h1-9H,10-12H2. The molecule has 0 aliphatic carbocycles. The van der Waals surface area contributed by atoms with Crippen molar-refractivity contribution in [3.63, 3.8) is 0 Å². The number of para-hydroxylation sites is 1. The Morgan fingerprint density at radius 1 is 0.920 bits per heavy atom. The Bertz CT molecular complexity index is 959. The first-order valence-corrected chi connectivity index (χ1v) is 9.23. The molecule has 0 unspecified atom stereocenters. The van der Waals surface area contributed by atoms with E-state index in [9.17, 15) is 18.0 Å². The topological polar surface area (TPSA) is 78.0 Å². The number of rotatable bonds is 3. The summed E-state index contributed by atoms with van der Waals surface area (Å²) in [5.74, 6) is -0.828. The van der Waals surface area contributed by atoms with Crippen molar-refractivity contribution >= 4 is 27.5 Å². The molecule has 1 fully saturated rings. The van der Waals surface area contributed by atoms with Crippen molar-refractivity contribution in [2.45, 2.75) is 11.3 Å². The van der Waals surface area contributed by atoms with Crippen LogP contribution in [0.5, 0.6) is 0 Å². The molecular formula is C17H15N3O4S. The summed E-state index contributed by atoms with van der Waals surface area (Å²) in [6, 6.07) is 15.3. The lowest BCUT2D eigenvalue weighted by molar-refractivity contribution is -0.128. The monoisotopic (exact) mass is 357 g/mol. The van der Waals surface area contributed by atoms with E-state index in [-0.39, 0.29) is 29.5 Å². The number of nitrogens with zero attached hydrogens (tertiary/aromatic N) is 3. The van der Waals surface area contributed by atoms with E-state index < -0.39 is 15.9 Å². The van der Waals surface area contributed by atoms with Gasteiger partial charge in [-0.25, -0.2) is 17.7 Å². The maximum Gasteiger partial charge on any atom is 0.270 e. The summed E-state index contributed by atoms with van der Waals surface area (Å²) in [6.07, 6.45) is 0.268. The average Bonchev–Trinajstić information content (AvgIpc) is 3.08. The number of hydrogen-bond acceptors (Lipinski definition) is 5. The Hall–Kier alpha value is -2.87. The number of carbonyl (C=O) groups is 2. The van der Waals surface area contributed by atoms with Crippen LogP contribution in [0.15, 0.2) is 59.5 Å². The molecule has 25 heavy (non-hydrogen) atoms. The summed E-state index contributed by atoms with van der Waals surface area (Å²) >= 11 is 0. The van der Waals surface area contributed by atoms with Gasteiger partial charge in [-0.2, -0.15) is 0 Å². The highest BCUT2D eigenvalue weighted by Gasteiger charge is 2.44. The number of amides is 2. The van der Waals surface area contributed by atoms with Crippen molar-refractivity contribution in [1.82, 2.24) is 9.31 Å². The molecule has 2 heterocycles. The first-order valence-electron chi connectivity index (χ1n) is 7.79. The van der Waals surface area contributed by atoms with E-state index in [1.54, 1.807) is 17.1 Å². The molecule has 0 saturated carbocycles. The molecule has 4 rings (SSSR count). The number of fused-ring (bicyclic) bond motifs is 1. The van der Waals surface area contributed by atoms with Crippen LogP contribution in [0.3, 0.4) is 0 Å². The number of hydrazine groups is 1. The molecule has 128 valence electrons. The highest BCUT2D eigenvalue weighted by atomic mass is 32.2. The number of carbonyl (C=O) groups excluding carboxylic acids is 2. The lowest BCUT2D eigenvalue weighted by atomic mass is 10.2. The molecule has 0 N–H and O–H groups in total. The maximum atomic E-state index is 12.7. The Kier molecular flexibility index (Phi) is 3.50. The molecule has 2 aromatic carbocycles. The van der Waals surface area contributed by atoms with Crippen LogP contribution in [0.2, 0.25) is 0 Å². The number of sulfonamides is 1. The van der Waals surface area contributed by atoms with Gasteiger partial charge in [0.15, 0.2) is 0 Å². The molecule has 2 aromatic rings. The number of benzene rings is 2. The van der Waals surface area contributed by atoms with E-state index in [0.29, 0.717) is 6.54 Å². The predicted octanol–water partition coefficient (Wildman–Crippen LogP) is 1.44. The van der Waals surface area contributed by atoms with Crippen LogP contribution in [0.1, 0.15) is 16.8 Å². The lowest BCUT2D eigenvalue weighted by Crippen LogP contribution is -2.48. The molecule has 7 nitrogen and oxygen atoms in total. The summed E-state index contributed by atoms with van der Waals surface area (Å²) in [6.45, 7) is 0.113. The lowest BCUT2D eigenvalue weighted by Gasteiger charge is -2.32. The predicted molar refractivity (Wildman–Crippen MR) is 89.9 cm³/mol. The number of anilines is 1. The normalized spacial score (nSPS) is 18.8. The van der Waals surface area contributed by atoms with E-state index in [2.05, 4.69) is 0 Å². The Morgan fingerprint density at radius 3 is 2.32 bits per heavy atom.